The van der Waals surface area contributed by atoms with E-state index in [1.165, 1.54) is 11.1 Å². The van der Waals surface area contributed by atoms with Crippen LogP contribution in [-0.4, -0.2) is 61.4 Å². The Balaban J connectivity index is 1.47. The molecule has 4 rings (SSSR count). The van der Waals surface area contributed by atoms with Gasteiger partial charge in [0, 0.05) is 38.3 Å². The molecule has 5 heteroatoms. The minimum atomic E-state index is -2.95. The van der Waals surface area contributed by atoms with Crippen LogP contribution in [0.5, 0.6) is 0 Å². The molecule has 4 nitrogen and oxygen atoms in total. The minimum absolute atomic E-state index is 0.115. The van der Waals surface area contributed by atoms with Gasteiger partial charge in [-0.2, -0.15) is 0 Å². The molecule has 0 radical (unpaired) electrons. The molecular formula is C21H26N2O2S. The summed E-state index contributed by atoms with van der Waals surface area (Å²) in [5, 5.41) is 0. The SMILES string of the molecule is O=S1(=O)C[C@@H]2[C@H](C1)N(CCc1ccccc1)CCN2Cc1ccccc1. The van der Waals surface area contributed by atoms with Crippen LogP contribution in [0.25, 0.3) is 0 Å². The van der Waals surface area contributed by atoms with Gasteiger partial charge < -0.3 is 0 Å². The Hall–Kier alpha value is -1.69. The fraction of sp³-hybridized carbons (Fsp3) is 0.429. The highest BCUT2D eigenvalue weighted by molar-refractivity contribution is 7.91. The first kappa shape index (κ1) is 17.7. The normalized spacial score (nSPS) is 25.8. The van der Waals surface area contributed by atoms with Gasteiger partial charge in [0.25, 0.3) is 0 Å². The van der Waals surface area contributed by atoms with Crippen molar-refractivity contribution in [1.29, 1.82) is 0 Å². The molecule has 2 aromatic carbocycles. The van der Waals surface area contributed by atoms with E-state index in [9.17, 15) is 8.42 Å². The van der Waals surface area contributed by atoms with E-state index in [1.54, 1.807) is 0 Å². The maximum atomic E-state index is 12.4. The summed E-state index contributed by atoms with van der Waals surface area (Å²) in [4.78, 5) is 4.78. The standard InChI is InChI=1S/C21H26N2O2S/c24-26(25)16-20-21(17-26)23(15-19-9-5-2-6-10-19)14-13-22(20)12-11-18-7-3-1-4-8-18/h1-10,20-21H,11-17H2/t20-,21+/m0/s1. The molecule has 2 atom stereocenters. The van der Waals surface area contributed by atoms with Gasteiger partial charge in [-0.05, 0) is 17.5 Å². The summed E-state index contributed by atoms with van der Waals surface area (Å²) in [5.41, 5.74) is 2.57. The Morgan fingerprint density at radius 1 is 0.769 bits per heavy atom. The molecule has 138 valence electrons. The maximum Gasteiger partial charge on any atom is 0.153 e. The summed E-state index contributed by atoms with van der Waals surface area (Å²) in [5.74, 6) is 0.601. The van der Waals surface area contributed by atoms with Crippen LogP contribution in [0.4, 0.5) is 0 Å². The van der Waals surface area contributed by atoms with Gasteiger partial charge in [0.2, 0.25) is 0 Å². The van der Waals surface area contributed by atoms with Crippen molar-refractivity contribution >= 4 is 9.84 Å². The van der Waals surface area contributed by atoms with Gasteiger partial charge >= 0.3 is 0 Å². The number of hydrogen-bond acceptors (Lipinski definition) is 4. The number of benzene rings is 2. The first-order valence-electron chi connectivity index (χ1n) is 9.37. The molecule has 0 bridgehead atoms. The maximum absolute atomic E-state index is 12.4. The third kappa shape index (κ3) is 4.00. The van der Waals surface area contributed by atoms with E-state index < -0.39 is 9.84 Å². The highest BCUT2D eigenvalue weighted by atomic mass is 32.2. The molecule has 0 saturated carbocycles. The van der Waals surface area contributed by atoms with Crippen LogP contribution in [0.3, 0.4) is 0 Å². The van der Waals surface area contributed by atoms with Crippen LogP contribution in [0.2, 0.25) is 0 Å². The van der Waals surface area contributed by atoms with Crippen molar-refractivity contribution < 1.29 is 8.42 Å². The fourth-order valence-corrected chi connectivity index (χ4v) is 6.35. The molecule has 2 heterocycles. The number of fused-ring (bicyclic) bond motifs is 1. The lowest BCUT2D eigenvalue weighted by atomic mass is 10.0. The molecule has 2 aliphatic rings. The van der Waals surface area contributed by atoms with Crippen molar-refractivity contribution in [3.05, 3.63) is 71.8 Å². The molecule has 2 aromatic rings. The predicted octanol–water partition coefficient (Wildman–Crippen LogP) is 2.21. The van der Waals surface area contributed by atoms with E-state index in [0.717, 1.165) is 32.6 Å². The monoisotopic (exact) mass is 370 g/mol. The average molecular weight is 371 g/mol. The Morgan fingerprint density at radius 2 is 1.31 bits per heavy atom. The van der Waals surface area contributed by atoms with E-state index in [1.807, 2.05) is 24.3 Å². The molecule has 0 N–H and O–H groups in total. The summed E-state index contributed by atoms with van der Waals surface area (Å²) in [6.45, 7) is 3.64. The number of sulfone groups is 1. The molecule has 2 fully saturated rings. The molecule has 2 aliphatic heterocycles. The Bertz CT molecular complexity index is 824. The largest absolute Gasteiger partial charge is 0.296 e. The van der Waals surface area contributed by atoms with Gasteiger partial charge in [0.05, 0.1) is 11.5 Å². The van der Waals surface area contributed by atoms with Crippen LogP contribution in [0, 0.1) is 0 Å². The van der Waals surface area contributed by atoms with Crippen molar-refractivity contribution in [3.8, 4) is 0 Å². The van der Waals surface area contributed by atoms with E-state index >= 15 is 0 Å². The number of rotatable bonds is 5. The zero-order valence-corrected chi connectivity index (χ0v) is 15.8. The Morgan fingerprint density at radius 3 is 1.96 bits per heavy atom. The second kappa shape index (κ2) is 7.51. The molecule has 0 spiro atoms. The lowest BCUT2D eigenvalue weighted by Crippen LogP contribution is -2.58. The summed E-state index contributed by atoms with van der Waals surface area (Å²) >= 11 is 0. The third-order valence-corrected chi connectivity index (χ3v) is 7.36. The summed E-state index contributed by atoms with van der Waals surface area (Å²) < 4.78 is 24.7. The first-order valence-corrected chi connectivity index (χ1v) is 11.2. The predicted molar refractivity (Wildman–Crippen MR) is 105 cm³/mol. The summed E-state index contributed by atoms with van der Waals surface area (Å²) in [6.07, 6.45) is 0.975. The number of hydrogen-bond donors (Lipinski definition) is 0. The smallest absolute Gasteiger partial charge is 0.153 e. The minimum Gasteiger partial charge on any atom is -0.296 e. The average Bonchev–Trinajstić information content (AvgIpc) is 2.98. The van der Waals surface area contributed by atoms with Gasteiger partial charge in [0.1, 0.15) is 0 Å². The Labute approximate surface area is 156 Å². The van der Waals surface area contributed by atoms with Crippen LogP contribution >= 0.6 is 0 Å². The van der Waals surface area contributed by atoms with E-state index in [2.05, 4.69) is 46.2 Å². The van der Waals surface area contributed by atoms with Gasteiger partial charge in [-0.1, -0.05) is 60.7 Å². The fourth-order valence-electron chi connectivity index (χ4n) is 4.31. The van der Waals surface area contributed by atoms with Crippen LogP contribution in [-0.2, 0) is 22.8 Å². The van der Waals surface area contributed by atoms with Gasteiger partial charge in [-0.15, -0.1) is 0 Å². The van der Waals surface area contributed by atoms with Crippen LogP contribution in [0.15, 0.2) is 60.7 Å². The van der Waals surface area contributed by atoms with E-state index in [-0.39, 0.29) is 12.1 Å². The third-order valence-electron chi connectivity index (χ3n) is 5.67. The molecule has 0 aromatic heterocycles. The van der Waals surface area contributed by atoms with Crippen LogP contribution < -0.4 is 0 Å². The number of nitrogens with zero attached hydrogens (tertiary/aromatic N) is 2. The van der Waals surface area contributed by atoms with Crippen molar-refractivity contribution in [1.82, 2.24) is 9.80 Å². The molecule has 0 unspecified atom stereocenters. The number of piperazine rings is 1. The van der Waals surface area contributed by atoms with E-state index in [4.69, 9.17) is 0 Å². The van der Waals surface area contributed by atoms with Gasteiger partial charge in [0.15, 0.2) is 9.84 Å². The topological polar surface area (TPSA) is 40.6 Å². The summed E-state index contributed by atoms with van der Waals surface area (Å²) in [6, 6.07) is 21.1. The quantitative estimate of drug-likeness (QED) is 0.809. The lowest BCUT2D eigenvalue weighted by Gasteiger charge is -2.44. The highest BCUT2D eigenvalue weighted by Gasteiger charge is 2.46. The van der Waals surface area contributed by atoms with E-state index in [0.29, 0.717) is 11.5 Å². The summed E-state index contributed by atoms with van der Waals surface area (Å²) in [7, 11) is -2.95. The van der Waals surface area contributed by atoms with Gasteiger partial charge in [-0.3, -0.25) is 9.80 Å². The molecule has 0 amide bonds. The zero-order chi connectivity index (χ0) is 18.0. The van der Waals surface area contributed by atoms with Crippen LogP contribution in [0.1, 0.15) is 11.1 Å². The van der Waals surface area contributed by atoms with Crippen molar-refractivity contribution in [2.45, 2.75) is 25.0 Å². The van der Waals surface area contributed by atoms with Crippen molar-refractivity contribution in [2.24, 2.45) is 0 Å². The lowest BCUT2D eigenvalue weighted by molar-refractivity contribution is 0.0412. The second-order valence-electron chi connectivity index (χ2n) is 7.44. The molecule has 26 heavy (non-hydrogen) atoms. The Kier molecular flexibility index (Phi) is 5.11. The van der Waals surface area contributed by atoms with Gasteiger partial charge in [-0.25, -0.2) is 8.42 Å². The van der Waals surface area contributed by atoms with Crippen molar-refractivity contribution in [2.75, 3.05) is 31.1 Å². The molecule has 0 aliphatic carbocycles. The first-order chi connectivity index (χ1) is 12.6. The molecular weight excluding hydrogens is 344 g/mol. The van der Waals surface area contributed by atoms with Crippen molar-refractivity contribution in [3.63, 3.8) is 0 Å². The second-order valence-corrected chi connectivity index (χ2v) is 9.59. The molecule has 2 saturated heterocycles. The zero-order valence-electron chi connectivity index (χ0n) is 15.0. The highest BCUT2D eigenvalue weighted by Crippen LogP contribution is 2.28.